The van der Waals surface area contributed by atoms with Gasteiger partial charge in [0.2, 0.25) is 0 Å². The molecule has 22 heavy (non-hydrogen) atoms. The molecule has 0 saturated heterocycles. The quantitative estimate of drug-likeness (QED) is 0.857. The zero-order valence-electron chi connectivity index (χ0n) is 12.1. The molecule has 5 heteroatoms. The van der Waals surface area contributed by atoms with Crippen molar-refractivity contribution in [2.24, 2.45) is 0 Å². The third-order valence-electron chi connectivity index (χ3n) is 3.23. The van der Waals surface area contributed by atoms with E-state index < -0.39 is 12.1 Å². The van der Waals surface area contributed by atoms with Crippen LogP contribution in [0.5, 0.6) is 5.75 Å². The normalized spacial score (nSPS) is 12.0. The van der Waals surface area contributed by atoms with Gasteiger partial charge in [0.05, 0.1) is 5.02 Å². The summed E-state index contributed by atoms with van der Waals surface area (Å²) in [5, 5.41) is 18.6. The Bertz CT molecular complexity index is 632. The van der Waals surface area contributed by atoms with Gasteiger partial charge < -0.3 is 14.9 Å². The lowest BCUT2D eigenvalue weighted by Crippen LogP contribution is -2.22. The number of aliphatic hydroxyl groups excluding tert-OH is 1. The van der Waals surface area contributed by atoms with Gasteiger partial charge in [-0.3, -0.25) is 0 Å². The van der Waals surface area contributed by atoms with E-state index >= 15 is 0 Å². The summed E-state index contributed by atoms with van der Waals surface area (Å²) in [5.74, 6) is -0.683. The zero-order valence-corrected chi connectivity index (χ0v) is 12.9. The summed E-state index contributed by atoms with van der Waals surface area (Å²) >= 11 is 6.21. The SMILES string of the molecule is Cc1cc(CC(O)C(=O)O)cc(Cl)c1OCc1ccccc1. The predicted octanol–water partition coefficient (Wildman–Crippen LogP) is 3.22. The first-order valence-corrected chi connectivity index (χ1v) is 7.22. The Morgan fingerprint density at radius 2 is 1.91 bits per heavy atom. The van der Waals surface area contributed by atoms with Crippen molar-refractivity contribution in [3.8, 4) is 5.75 Å². The predicted molar refractivity (Wildman–Crippen MR) is 84.3 cm³/mol. The summed E-state index contributed by atoms with van der Waals surface area (Å²) in [4.78, 5) is 10.7. The summed E-state index contributed by atoms with van der Waals surface area (Å²) in [7, 11) is 0. The van der Waals surface area contributed by atoms with Gasteiger partial charge in [-0.15, -0.1) is 0 Å². The topological polar surface area (TPSA) is 66.8 Å². The molecular formula is C17H17ClO4. The van der Waals surface area contributed by atoms with Gasteiger partial charge in [0.25, 0.3) is 0 Å². The molecule has 4 nitrogen and oxygen atoms in total. The van der Waals surface area contributed by atoms with Crippen molar-refractivity contribution in [2.45, 2.75) is 26.1 Å². The van der Waals surface area contributed by atoms with Crippen LogP contribution in [0.3, 0.4) is 0 Å². The number of aliphatic hydroxyl groups is 1. The van der Waals surface area contributed by atoms with Crippen molar-refractivity contribution in [3.63, 3.8) is 0 Å². The lowest BCUT2D eigenvalue weighted by Gasteiger charge is -2.14. The second-order valence-corrected chi connectivity index (χ2v) is 5.46. The summed E-state index contributed by atoms with van der Waals surface area (Å²) in [5.41, 5.74) is 2.49. The van der Waals surface area contributed by atoms with Gasteiger partial charge in [-0.1, -0.05) is 48.0 Å². The number of aryl methyl sites for hydroxylation is 1. The number of halogens is 1. The molecule has 116 valence electrons. The molecule has 0 radical (unpaired) electrons. The van der Waals surface area contributed by atoms with E-state index in [1.807, 2.05) is 37.3 Å². The van der Waals surface area contributed by atoms with E-state index in [-0.39, 0.29) is 6.42 Å². The van der Waals surface area contributed by atoms with Crippen molar-refractivity contribution < 1.29 is 19.7 Å². The van der Waals surface area contributed by atoms with Crippen LogP contribution in [0.2, 0.25) is 5.02 Å². The molecule has 0 aliphatic carbocycles. The molecule has 1 atom stereocenters. The number of benzene rings is 2. The maximum Gasteiger partial charge on any atom is 0.332 e. The highest BCUT2D eigenvalue weighted by atomic mass is 35.5. The highest BCUT2D eigenvalue weighted by Crippen LogP contribution is 2.31. The van der Waals surface area contributed by atoms with Crippen LogP contribution in [0.1, 0.15) is 16.7 Å². The van der Waals surface area contributed by atoms with Crippen molar-refractivity contribution in [1.29, 1.82) is 0 Å². The standard InChI is InChI=1S/C17H17ClO4/c1-11-7-13(9-15(19)17(20)21)8-14(18)16(11)22-10-12-5-3-2-4-6-12/h2-8,15,19H,9-10H2,1H3,(H,20,21). The molecular weight excluding hydrogens is 304 g/mol. The minimum absolute atomic E-state index is 0.00879. The Kier molecular flexibility index (Phi) is 5.41. The van der Waals surface area contributed by atoms with Crippen LogP contribution < -0.4 is 4.74 Å². The number of rotatable bonds is 6. The van der Waals surface area contributed by atoms with Crippen molar-refractivity contribution >= 4 is 17.6 Å². The average molecular weight is 321 g/mol. The van der Waals surface area contributed by atoms with Gasteiger partial charge in [0, 0.05) is 6.42 Å². The largest absolute Gasteiger partial charge is 0.487 e. The van der Waals surface area contributed by atoms with Gasteiger partial charge in [0.1, 0.15) is 12.4 Å². The Hall–Kier alpha value is -2.04. The maximum atomic E-state index is 10.7. The lowest BCUT2D eigenvalue weighted by atomic mass is 10.0. The fourth-order valence-electron chi connectivity index (χ4n) is 2.14. The zero-order chi connectivity index (χ0) is 16.1. The van der Waals surface area contributed by atoms with Crippen LogP contribution >= 0.6 is 11.6 Å². The molecule has 2 N–H and O–H groups in total. The summed E-state index contributed by atoms with van der Waals surface area (Å²) < 4.78 is 5.75. The van der Waals surface area contributed by atoms with Crippen LogP contribution in [-0.4, -0.2) is 22.3 Å². The highest BCUT2D eigenvalue weighted by molar-refractivity contribution is 6.32. The summed E-state index contributed by atoms with van der Waals surface area (Å²) in [6.45, 7) is 2.24. The smallest absolute Gasteiger partial charge is 0.332 e. The van der Waals surface area contributed by atoms with Gasteiger partial charge in [0.15, 0.2) is 6.10 Å². The number of ether oxygens (including phenoxy) is 1. The highest BCUT2D eigenvalue weighted by Gasteiger charge is 2.16. The van der Waals surface area contributed by atoms with E-state index in [1.165, 1.54) is 0 Å². The molecule has 0 heterocycles. The number of carbonyl (C=O) groups is 1. The Balaban J connectivity index is 2.11. The first-order chi connectivity index (χ1) is 10.5. The second-order valence-electron chi connectivity index (χ2n) is 5.06. The van der Waals surface area contributed by atoms with Gasteiger partial charge >= 0.3 is 5.97 Å². The van der Waals surface area contributed by atoms with E-state index in [2.05, 4.69) is 0 Å². The molecule has 0 amide bonds. The summed E-state index contributed by atoms with van der Waals surface area (Å²) in [6.07, 6.45) is -1.43. The van der Waals surface area contributed by atoms with Crippen molar-refractivity contribution in [3.05, 3.63) is 64.2 Å². The first kappa shape index (κ1) is 16.3. The monoisotopic (exact) mass is 320 g/mol. The van der Waals surface area contributed by atoms with Crippen LogP contribution in [0.25, 0.3) is 0 Å². The van der Waals surface area contributed by atoms with E-state index in [0.29, 0.717) is 22.9 Å². The van der Waals surface area contributed by atoms with Gasteiger partial charge in [-0.05, 0) is 29.7 Å². The molecule has 2 aromatic carbocycles. The number of carboxylic acid groups (broad SMARTS) is 1. The second kappa shape index (κ2) is 7.29. The van der Waals surface area contributed by atoms with Crippen molar-refractivity contribution in [1.82, 2.24) is 0 Å². The van der Waals surface area contributed by atoms with E-state index in [9.17, 15) is 9.90 Å². The molecule has 0 aromatic heterocycles. The molecule has 0 fully saturated rings. The number of aliphatic carboxylic acids is 1. The lowest BCUT2D eigenvalue weighted by molar-refractivity contribution is -0.146. The molecule has 0 saturated carbocycles. The summed E-state index contributed by atoms with van der Waals surface area (Å²) in [6, 6.07) is 13.1. The molecule has 0 aliphatic rings. The number of hydrogen-bond acceptors (Lipinski definition) is 3. The minimum atomic E-state index is -1.44. The number of hydrogen-bond donors (Lipinski definition) is 2. The molecule has 0 spiro atoms. The van der Waals surface area contributed by atoms with Crippen LogP contribution in [0.4, 0.5) is 0 Å². The maximum absolute atomic E-state index is 10.7. The molecule has 2 rings (SSSR count). The van der Waals surface area contributed by atoms with Crippen molar-refractivity contribution in [2.75, 3.05) is 0 Å². The van der Waals surface area contributed by atoms with Gasteiger partial charge in [-0.2, -0.15) is 0 Å². The van der Waals surface area contributed by atoms with E-state index in [0.717, 1.165) is 11.1 Å². The molecule has 0 bridgehead atoms. The fraction of sp³-hybridized carbons (Fsp3) is 0.235. The molecule has 2 aromatic rings. The van der Waals surface area contributed by atoms with E-state index in [4.69, 9.17) is 21.4 Å². The van der Waals surface area contributed by atoms with Crippen LogP contribution in [-0.2, 0) is 17.8 Å². The fourth-order valence-corrected chi connectivity index (χ4v) is 2.49. The third kappa shape index (κ3) is 4.23. The Morgan fingerprint density at radius 1 is 1.23 bits per heavy atom. The van der Waals surface area contributed by atoms with Gasteiger partial charge in [-0.25, -0.2) is 4.79 Å². The minimum Gasteiger partial charge on any atom is -0.487 e. The number of carboxylic acids is 1. The average Bonchev–Trinajstić information content (AvgIpc) is 2.47. The van der Waals surface area contributed by atoms with Crippen LogP contribution in [0.15, 0.2) is 42.5 Å². The Labute approximate surface area is 133 Å². The third-order valence-corrected chi connectivity index (χ3v) is 3.51. The van der Waals surface area contributed by atoms with Crippen LogP contribution in [0, 0.1) is 6.92 Å². The molecule has 0 aliphatic heterocycles. The molecule has 1 unspecified atom stereocenters. The Morgan fingerprint density at radius 3 is 2.50 bits per heavy atom. The first-order valence-electron chi connectivity index (χ1n) is 6.84. The van der Waals surface area contributed by atoms with E-state index in [1.54, 1.807) is 12.1 Å².